The summed E-state index contributed by atoms with van der Waals surface area (Å²) < 4.78 is 5.75. The highest BCUT2D eigenvalue weighted by Crippen LogP contribution is 2.11. The van der Waals surface area contributed by atoms with Crippen LogP contribution in [0.15, 0.2) is 48.7 Å². The van der Waals surface area contributed by atoms with Crippen LogP contribution < -0.4 is 15.8 Å². The van der Waals surface area contributed by atoms with Crippen LogP contribution in [0.25, 0.3) is 0 Å². The standard InChI is InChI=1S/C15H19N3O/c1-17-13(9-12-7-8-18-15(16)10-12)11-19-14-5-3-2-4-6-14/h2-8,10,13,17H,9,11H2,1H3,(H2,16,18). The zero-order chi connectivity index (χ0) is 13.5. The molecular weight excluding hydrogens is 238 g/mol. The second-order valence-corrected chi connectivity index (χ2v) is 4.40. The van der Waals surface area contributed by atoms with Crippen molar-refractivity contribution in [1.29, 1.82) is 0 Å². The third kappa shape index (κ3) is 4.26. The number of hydrogen-bond donors (Lipinski definition) is 2. The zero-order valence-corrected chi connectivity index (χ0v) is 11.0. The number of para-hydroxylation sites is 1. The molecule has 0 aliphatic heterocycles. The van der Waals surface area contributed by atoms with Crippen molar-refractivity contribution in [1.82, 2.24) is 10.3 Å². The minimum Gasteiger partial charge on any atom is -0.492 e. The number of aromatic nitrogens is 1. The highest BCUT2D eigenvalue weighted by atomic mass is 16.5. The molecule has 0 saturated heterocycles. The Kier molecular flexibility index (Phi) is 4.75. The number of likely N-dealkylation sites (N-methyl/N-ethyl adjacent to an activating group) is 1. The van der Waals surface area contributed by atoms with E-state index in [1.54, 1.807) is 6.20 Å². The molecule has 1 unspecified atom stereocenters. The van der Waals surface area contributed by atoms with Gasteiger partial charge in [-0.05, 0) is 43.3 Å². The van der Waals surface area contributed by atoms with Crippen molar-refractivity contribution in [3.05, 3.63) is 54.2 Å². The number of benzene rings is 1. The van der Waals surface area contributed by atoms with Crippen LogP contribution in [0.1, 0.15) is 5.56 Å². The molecule has 0 amide bonds. The van der Waals surface area contributed by atoms with Crippen LogP contribution in [0, 0.1) is 0 Å². The molecule has 1 heterocycles. The first-order valence-electron chi connectivity index (χ1n) is 6.33. The van der Waals surface area contributed by atoms with Gasteiger partial charge in [0.05, 0.1) is 0 Å². The molecule has 1 aromatic heterocycles. The Balaban J connectivity index is 1.90. The van der Waals surface area contributed by atoms with Crippen LogP contribution in [0.3, 0.4) is 0 Å². The van der Waals surface area contributed by atoms with Crippen LogP contribution in [0.2, 0.25) is 0 Å². The normalized spacial score (nSPS) is 12.1. The van der Waals surface area contributed by atoms with E-state index in [4.69, 9.17) is 10.5 Å². The molecule has 0 aliphatic rings. The molecule has 3 N–H and O–H groups in total. The first kappa shape index (κ1) is 13.4. The topological polar surface area (TPSA) is 60.2 Å². The van der Waals surface area contributed by atoms with Crippen molar-refractivity contribution in [3.63, 3.8) is 0 Å². The van der Waals surface area contributed by atoms with Crippen molar-refractivity contribution in [2.75, 3.05) is 19.4 Å². The van der Waals surface area contributed by atoms with Crippen LogP contribution in [-0.2, 0) is 6.42 Å². The molecule has 100 valence electrons. The lowest BCUT2D eigenvalue weighted by atomic mass is 10.1. The van der Waals surface area contributed by atoms with Gasteiger partial charge >= 0.3 is 0 Å². The summed E-state index contributed by atoms with van der Waals surface area (Å²) in [7, 11) is 1.93. The number of rotatable bonds is 6. The van der Waals surface area contributed by atoms with E-state index < -0.39 is 0 Å². The minimum atomic E-state index is 0.238. The van der Waals surface area contributed by atoms with Gasteiger partial charge in [-0.2, -0.15) is 0 Å². The van der Waals surface area contributed by atoms with Gasteiger partial charge in [0.25, 0.3) is 0 Å². The lowest BCUT2D eigenvalue weighted by Crippen LogP contribution is -2.33. The number of nitrogens with zero attached hydrogens (tertiary/aromatic N) is 1. The Morgan fingerprint density at radius 1 is 1.26 bits per heavy atom. The van der Waals surface area contributed by atoms with Crippen LogP contribution in [0.4, 0.5) is 5.82 Å². The average molecular weight is 257 g/mol. The van der Waals surface area contributed by atoms with E-state index in [2.05, 4.69) is 10.3 Å². The van der Waals surface area contributed by atoms with Gasteiger partial charge < -0.3 is 15.8 Å². The van der Waals surface area contributed by atoms with Gasteiger partial charge in [-0.15, -0.1) is 0 Å². The van der Waals surface area contributed by atoms with Crippen molar-refractivity contribution < 1.29 is 4.74 Å². The first-order chi connectivity index (χ1) is 9.28. The van der Waals surface area contributed by atoms with Crippen LogP contribution in [-0.4, -0.2) is 24.7 Å². The highest BCUT2D eigenvalue weighted by molar-refractivity contribution is 5.32. The third-order valence-corrected chi connectivity index (χ3v) is 2.93. The number of hydrogen-bond acceptors (Lipinski definition) is 4. The van der Waals surface area contributed by atoms with E-state index in [0.717, 1.165) is 17.7 Å². The summed E-state index contributed by atoms with van der Waals surface area (Å²) in [5.41, 5.74) is 6.83. The number of ether oxygens (including phenoxy) is 1. The molecule has 0 fully saturated rings. The Morgan fingerprint density at radius 2 is 2.05 bits per heavy atom. The molecule has 0 spiro atoms. The fourth-order valence-electron chi connectivity index (χ4n) is 1.86. The first-order valence-corrected chi connectivity index (χ1v) is 6.33. The predicted molar refractivity (Wildman–Crippen MR) is 77.1 cm³/mol. The van der Waals surface area contributed by atoms with Crippen molar-refractivity contribution in [3.8, 4) is 5.75 Å². The van der Waals surface area contributed by atoms with Gasteiger partial charge in [0.2, 0.25) is 0 Å². The van der Waals surface area contributed by atoms with Gasteiger partial charge in [0.1, 0.15) is 18.2 Å². The molecule has 0 radical (unpaired) electrons. The average Bonchev–Trinajstić information content (AvgIpc) is 2.44. The van der Waals surface area contributed by atoms with E-state index in [0.29, 0.717) is 12.4 Å². The maximum Gasteiger partial charge on any atom is 0.123 e. The molecule has 0 aliphatic carbocycles. The Morgan fingerprint density at radius 3 is 2.74 bits per heavy atom. The molecule has 1 aromatic carbocycles. The van der Waals surface area contributed by atoms with Gasteiger partial charge in [-0.3, -0.25) is 0 Å². The maximum atomic E-state index is 5.75. The fraction of sp³-hybridized carbons (Fsp3) is 0.267. The Bertz CT molecular complexity index is 502. The largest absolute Gasteiger partial charge is 0.492 e. The smallest absolute Gasteiger partial charge is 0.123 e. The molecule has 2 aromatic rings. The second kappa shape index (κ2) is 6.75. The highest BCUT2D eigenvalue weighted by Gasteiger charge is 2.08. The molecule has 19 heavy (non-hydrogen) atoms. The number of anilines is 1. The summed E-state index contributed by atoms with van der Waals surface area (Å²) >= 11 is 0. The molecule has 0 saturated carbocycles. The maximum absolute atomic E-state index is 5.75. The summed E-state index contributed by atoms with van der Waals surface area (Å²) in [6.07, 6.45) is 2.59. The number of nitrogens with one attached hydrogen (secondary N) is 1. The van der Waals surface area contributed by atoms with Gasteiger partial charge in [-0.1, -0.05) is 18.2 Å². The molecule has 0 bridgehead atoms. The SMILES string of the molecule is CNC(COc1ccccc1)Cc1ccnc(N)c1. The summed E-state index contributed by atoms with van der Waals surface area (Å²) in [5.74, 6) is 1.44. The lowest BCUT2D eigenvalue weighted by Gasteiger charge is -2.17. The molecule has 2 rings (SSSR count). The van der Waals surface area contributed by atoms with Crippen molar-refractivity contribution >= 4 is 5.82 Å². The van der Waals surface area contributed by atoms with Crippen LogP contribution in [0.5, 0.6) is 5.75 Å². The minimum absolute atomic E-state index is 0.238. The molecule has 1 atom stereocenters. The summed E-state index contributed by atoms with van der Waals surface area (Å²) in [6.45, 7) is 0.614. The van der Waals surface area contributed by atoms with E-state index in [1.807, 2.05) is 49.5 Å². The van der Waals surface area contributed by atoms with Crippen LogP contribution >= 0.6 is 0 Å². The fourth-order valence-corrected chi connectivity index (χ4v) is 1.86. The number of nitrogens with two attached hydrogens (primary N) is 1. The summed E-state index contributed by atoms with van der Waals surface area (Å²) in [6, 6.07) is 13.9. The number of pyridine rings is 1. The summed E-state index contributed by atoms with van der Waals surface area (Å²) in [4.78, 5) is 3.99. The Hall–Kier alpha value is -2.07. The van der Waals surface area contributed by atoms with E-state index in [9.17, 15) is 0 Å². The molecular formula is C15H19N3O. The molecule has 4 heteroatoms. The van der Waals surface area contributed by atoms with Crippen molar-refractivity contribution in [2.24, 2.45) is 0 Å². The van der Waals surface area contributed by atoms with Gasteiger partial charge in [-0.25, -0.2) is 4.98 Å². The van der Waals surface area contributed by atoms with Gasteiger partial charge in [0.15, 0.2) is 0 Å². The monoisotopic (exact) mass is 257 g/mol. The third-order valence-electron chi connectivity index (χ3n) is 2.93. The second-order valence-electron chi connectivity index (χ2n) is 4.40. The van der Waals surface area contributed by atoms with E-state index in [1.165, 1.54) is 0 Å². The van der Waals surface area contributed by atoms with E-state index >= 15 is 0 Å². The van der Waals surface area contributed by atoms with E-state index in [-0.39, 0.29) is 6.04 Å². The van der Waals surface area contributed by atoms with Crippen molar-refractivity contribution in [2.45, 2.75) is 12.5 Å². The van der Waals surface area contributed by atoms with Gasteiger partial charge in [0, 0.05) is 12.2 Å². The molecule has 4 nitrogen and oxygen atoms in total. The lowest BCUT2D eigenvalue weighted by molar-refractivity contribution is 0.270. The Labute approximate surface area is 113 Å². The number of nitrogen functional groups attached to an aromatic ring is 1. The zero-order valence-electron chi connectivity index (χ0n) is 11.0. The predicted octanol–water partition coefficient (Wildman–Crippen LogP) is 1.87. The quantitative estimate of drug-likeness (QED) is 0.829. The summed E-state index contributed by atoms with van der Waals surface area (Å²) in [5, 5.41) is 3.25.